The zero-order chi connectivity index (χ0) is 22.9. The molecule has 170 valence electrons. The number of benzene rings is 2. The lowest BCUT2D eigenvalue weighted by Crippen LogP contribution is -2.50. The van der Waals surface area contributed by atoms with Crippen molar-refractivity contribution in [2.75, 3.05) is 32.6 Å². The van der Waals surface area contributed by atoms with Gasteiger partial charge in [-0.15, -0.1) is 0 Å². The average molecular weight is 446 g/mol. The van der Waals surface area contributed by atoms with Gasteiger partial charge in [-0.3, -0.25) is 4.79 Å². The maximum atomic E-state index is 13.1. The van der Waals surface area contributed by atoms with Gasteiger partial charge in [-0.1, -0.05) is 24.3 Å². The second-order valence-electron chi connectivity index (χ2n) is 8.64. The fraction of sp³-hybridized carbons (Fsp3) is 0.308. The third-order valence-corrected chi connectivity index (χ3v) is 6.63. The second-order valence-corrected chi connectivity index (χ2v) is 8.64. The van der Waals surface area contributed by atoms with Crippen molar-refractivity contribution in [1.29, 1.82) is 0 Å². The van der Waals surface area contributed by atoms with Crippen LogP contribution in [0.5, 0.6) is 11.5 Å². The normalized spacial score (nSPS) is 18.9. The number of amides is 2. The van der Waals surface area contributed by atoms with Crippen molar-refractivity contribution in [2.24, 2.45) is 5.92 Å². The number of likely N-dealkylation sites (tertiary alicyclic amines) is 1. The number of hydrogen-bond donors (Lipinski definition) is 1. The maximum Gasteiger partial charge on any atom is 0.321 e. The first kappa shape index (κ1) is 21.1. The highest BCUT2D eigenvalue weighted by Gasteiger charge is 2.38. The molecule has 0 unspecified atom stereocenters. The number of nitrogens with zero attached hydrogens (tertiary/aromatic N) is 2. The molecule has 2 amide bonds. The molecule has 2 aromatic carbocycles. The molecule has 3 aromatic rings. The van der Waals surface area contributed by atoms with Crippen LogP contribution in [0.4, 0.5) is 10.5 Å². The summed E-state index contributed by atoms with van der Waals surface area (Å²) in [4.78, 5) is 27.8. The highest BCUT2D eigenvalue weighted by atomic mass is 16.5. The first-order chi connectivity index (χ1) is 16.1. The van der Waals surface area contributed by atoms with Crippen molar-refractivity contribution in [3.8, 4) is 22.6 Å². The van der Waals surface area contributed by atoms with Crippen LogP contribution in [0, 0.1) is 5.92 Å². The van der Waals surface area contributed by atoms with Crippen molar-refractivity contribution in [2.45, 2.75) is 18.9 Å². The van der Waals surface area contributed by atoms with Crippen LogP contribution >= 0.6 is 0 Å². The highest BCUT2D eigenvalue weighted by molar-refractivity contribution is 5.91. The fourth-order valence-electron chi connectivity index (χ4n) is 5.14. The van der Waals surface area contributed by atoms with E-state index in [-0.39, 0.29) is 23.4 Å². The van der Waals surface area contributed by atoms with Crippen molar-refractivity contribution in [3.63, 3.8) is 0 Å². The highest BCUT2D eigenvalue weighted by Crippen LogP contribution is 2.40. The van der Waals surface area contributed by atoms with E-state index in [1.807, 2.05) is 64.1 Å². The SMILES string of the molecule is COc1ccc(-c2ccc(=O)n3c2[C@@H]2C[C@@H](CN(C(=O)Nc4ccccc4OC)C2)C3)cc1. The van der Waals surface area contributed by atoms with Gasteiger partial charge >= 0.3 is 6.03 Å². The van der Waals surface area contributed by atoms with Crippen LogP contribution in [0.25, 0.3) is 11.1 Å². The molecule has 3 heterocycles. The Balaban J connectivity index is 1.45. The summed E-state index contributed by atoms with van der Waals surface area (Å²) in [5.41, 5.74) is 3.75. The predicted molar refractivity (Wildman–Crippen MR) is 127 cm³/mol. The number of rotatable bonds is 4. The molecular weight excluding hydrogens is 418 g/mol. The van der Waals surface area contributed by atoms with Gasteiger partial charge in [0.2, 0.25) is 0 Å². The number of hydrogen-bond acceptors (Lipinski definition) is 4. The van der Waals surface area contributed by atoms with Gasteiger partial charge in [-0.25, -0.2) is 4.79 Å². The number of anilines is 1. The van der Waals surface area contributed by atoms with Crippen LogP contribution in [0.15, 0.2) is 65.5 Å². The van der Waals surface area contributed by atoms with Crippen LogP contribution < -0.4 is 20.3 Å². The molecule has 5 rings (SSSR count). The maximum absolute atomic E-state index is 13.1. The van der Waals surface area contributed by atoms with E-state index in [0.29, 0.717) is 31.1 Å². The zero-order valence-electron chi connectivity index (χ0n) is 18.8. The number of carbonyl (C=O) groups is 1. The summed E-state index contributed by atoms with van der Waals surface area (Å²) >= 11 is 0. The van der Waals surface area contributed by atoms with Gasteiger partial charge in [0.25, 0.3) is 5.56 Å². The molecule has 0 spiro atoms. The van der Waals surface area contributed by atoms with E-state index < -0.39 is 0 Å². The molecule has 2 atom stereocenters. The summed E-state index contributed by atoms with van der Waals surface area (Å²) in [7, 11) is 3.23. The molecule has 7 nitrogen and oxygen atoms in total. The molecule has 1 N–H and O–H groups in total. The Kier molecular flexibility index (Phi) is 5.54. The van der Waals surface area contributed by atoms with Gasteiger partial charge in [-0.2, -0.15) is 0 Å². The number of para-hydroxylation sites is 2. The molecule has 7 heteroatoms. The number of methoxy groups -OCH3 is 2. The van der Waals surface area contributed by atoms with Gasteiger partial charge in [0.05, 0.1) is 19.9 Å². The lowest BCUT2D eigenvalue weighted by atomic mass is 9.80. The Labute approximate surface area is 192 Å². The molecule has 2 bridgehead atoms. The second kappa shape index (κ2) is 8.65. The number of carbonyl (C=O) groups excluding carboxylic acids is 1. The van der Waals surface area contributed by atoms with Crippen LogP contribution in [0.3, 0.4) is 0 Å². The van der Waals surface area contributed by atoms with Crippen LogP contribution in [0.2, 0.25) is 0 Å². The standard InChI is InChI=1S/C26H27N3O4/c1-32-20-9-7-18(8-10-20)21-11-12-24(30)29-15-17-13-19(25(21)29)16-28(14-17)26(31)27-22-5-3-4-6-23(22)33-2/h3-12,17,19H,13-16H2,1-2H3,(H,27,31)/t17-,19+/m0/s1. The van der Waals surface area contributed by atoms with Crippen molar-refractivity contribution >= 4 is 11.7 Å². The molecule has 33 heavy (non-hydrogen) atoms. The van der Waals surface area contributed by atoms with E-state index in [0.717, 1.165) is 29.0 Å². The van der Waals surface area contributed by atoms with E-state index in [9.17, 15) is 9.59 Å². The summed E-state index contributed by atoms with van der Waals surface area (Å²) in [5, 5.41) is 2.99. The number of aromatic nitrogens is 1. The van der Waals surface area contributed by atoms with Crippen molar-refractivity contribution < 1.29 is 14.3 Å². The topological polar surface area (TPSA) is 72.8 Å². The Morgan fingerprint density at radius 2 is 1.73 bits per heavy atom. The predicted octanol–water partition coefficient (Wildman–Crippen LogP) is 4.18. The molecule has 1 aromatic heterocycles. The van der Waals surface area contributed by atoms with E-state index in [2.05, 4.69) is 5.32 Å². The van der Waals surface area contributed by atoms with E-state index in [1.54, 1.807) is 20.3 Å². The Hall–Kier alpha value is -3.74. The number of piperidine rings is 1. The van der Waals surface area contributed by atoms with E-state index in [4.69, 9.17) is 9.47 Å². The van der Waals surface area contributed by atoms with Crippen LogP contribution in [-0.4, -0.2) is 42.8 Å². The van der Waals surface area contributed by atoms with Gasteiger partial charge < -0.3 is 24.3 Å². The van der Waals surface area contributed by atoms with Gasteiger partial charge in [-0.05, 0) is 48.2 Å². The molecular formula is C26H27N3O4. The minimum absolute atomic E-state index is 0.0175. The van der Waals surface area contributed by atoms with Crippen LogP contribution in [-0.2, 0) is 6.54 Å². The molecule has 0 aliphatic carbocycles. The number of nitrogens with one attached hydrogen (secondary N) is 1. The molecule has 1 fully saturated rings. The third-order valence-electron chi connectivity index (χ3n) is 6.63. The Morgan fingerprint density at radius 3 is 2.48 bits per heavy atom. The number of pyridine rings is 1. The molecule has 1 saturated heterocycles. The summed E-state index contributed by atoms with van der Waals surface area (Å²) in [6.07, 6.45) is 0.963. The summed E-state index contributed by atoms with van der Waals surface area (Å²) < 4.78 is 12.6. The van der Waals surface area contributed by atoms with Gasteiger partial charge in [0, 0.05) is 42.9 Å². The van der Waals surface area contributed by atoms with Gasteiger partial charge in [0.15, 0.2) is 0 Å². The lowest BCUT2D eigenvalue weighted by Gasteiger charge is -2.43. The van der Waals surface area contributed by atoms with Crippen molar-refractivity contribution in [1.82, 2.24) is 9.47 Å². The first-order valence-electron chi connectivity index (χ1n) is 11.1. The lowest BCUT2D eigenvalue weighted by molar-refractivity contribution is 0.140. The third kappa shape index (κ3) is 3.95. The minimum Gasteiger partial charge on any atom is -0.497 e. The van der Waals surface area contributed by atoms with Crippen molar-refractivity contribution in [3.05, 3.63) is 76.7 Å². The number of fused-ring (bicyclic) bond motifs is 4. The van der Waals surface area contributed by atoms with Gasteiger partial charge in [0.1, 0.15) is 11.5 Å². The molecule has 2 aliphatic heterocycles. The fourth-order valence-corrected chi connectivity index (χ4v) is 5.14. The van der Waals surface area contributed by atoms with Crippen LogP contribution in [0.1, 0.15) is 18.0 Å². The monoisotopic (exact) mass is 445 g/mol. The average Bonchev–Trinajstić information content (AvgIpc) is 2.85. The smallest absolute Gasteiger partial charge is 0.321 e. The molecule has 0 radical (unpaired) electrons. The summed E-state index contributed by atoms with van der Waals surface area (Å²) in [6, 6.07) is 18.7. The molecule has 2 aliphatic rings. The minimum atomic E-state index is -0.146. The number of ether oxygens (including phenoxy) is 2. The van der Waals surface area contributed by atoms with E-state index in [1.165, 1.54) is 0 Å². The zero-order valence-corrected chi connectivity index (χ0v) is 18.8. The Bertz CT molecular complexity index is 1240. The first-order valence-corrected chi connectivity index (χ1v) is 11.1. The molecule has 0 saturated carbocycles. The quantitative estimate of drug-likeness (QED) is 0.654. The summed E-state index contributed by atoms with van der Waals surface area (Å²) in [6.45, 7) is 1.80. The number of urea groups is 1. The summed E-state index contributed by atoms with van der Waals surface area (Å²) in [5.74, 6) is 1.75. The largest absolute Gasteiger partial charge is 0.497 e. The van der Waals surface area contributed by atoms with E-state index >= 15 is 0 Å². The Morgan fingerprint density at radius 1 is 0.939 bits per heavy atom.